The Balaban J connectivity index is 1.79. The first-order valence-electron chi connectivity index (χ1n) is 7.83. The molecule has 0 N–H and O–H groups in total. The molecule has 0 saturated heterocycles. The molecule has 2 aromatic carbocycles. The van der Waals surface area contributed by atoms with Gasteiger partial charge in [-0.05, 0) is 43.7 Å². The lowest BCUT2D eigenvalue weighted by Gasteiger charge is -2.32. The van der Waals surface area contributed by atoms with Crippen molar-refractivity contribution in [3.05, 3.63) is 65.2 Å². The standard InChI is InChI=1S/C20H18O3/c1-20(2)11-10-15-17(23-20)9-8-14-16(21)12-18(22-19(14)15)13-6-4-3-5-7-13/h3-11,18H,12H2,1-2H3/t18-/m0/s1. The third-order valence-corrected chi connectivity index (χ3v) is 4.28. The Labute approximate surface area is 135 Å². The quantitative estimate of drug-likeness (QED) is 0.773. The number of ether oxygens (including phenoxy) is 2. The summed E-state index contributed by atoms with van der Waals surface area (Å²) in [5, 5.41) is 0. The van der Waals surface area contributed by atoms with Crippen molar-refractivity contribution in [2.24, 2.45) is 0 Å². The fourth-order valence-electron chi connectivity index (χ4n) is 3.09. The number of hydrogen-bond acceptors (Lipinski definition) is 3. The minimum absolute atomic E-state index is 0.112. The fourth-order valence-corrected chi connectivity index (χ4v) is 3.09. The van der Waals surface area contributed by atoms with Crippen LogP contribution in [-0.4, -0.2) is 11.4 Å². The Bertz CT molecular complexity index is 803. The summed E-state index contributed by atoms with van der Waals surface area (Å²) in [5.74, 6) is 1.51. The fraction of sp³-hybridized carbons (Fsp3) is 0.250. The molecule has 4 rings (SSSR count). The Morgan fingerprint density at radius 3 is 2.65 bits per heavy atom. The SMILES string of the molecule is CC1(C)C=Cc2c(ccc3c2O[C@H](c2ccccc2)CC3=O)O1. The summed E-state index contributed by atoms with van der Waals surface area (Å²) in [7, 11) is 0. The molecule has 0 aliphatic carbocycles. The molecule has 0 fully saturated rings. The lowest BCUT2D eigenvalue weighted by molar-refractivity contribution is 0.0846. The van der Waals surface area contributed by atoms with E-state index in [2.05, 4.69) is 0 Å². The topological polar surface area (TPSA) is 35.5 Å². The van der Waals surface area contributed by atoms with Gasteiger partial charge >= 0.3 is 0 Å². The zero-order valence-electron chi connectivity index (χ0n) is 13.2. The van der Waals surface area contributed by atoms with Crippen molar-refractivity contribution in [1.29, 1.82) is 0 Å². The van der Waals surface area contributed by atoms with E-state index >= 15 is 0 Å². The molecule has 3 nitrogen and oxygen atoms in total. The molecule has 0 aromatic heterocycles. The van der Waals surface area contributed by atoms with Crippen LogP contribution >= 0.6 is 0 Å². The lowest BCUT2D eigenvalue weighted by Crippen LogP contribution is -2.28. The average molecular weight is 306 g/mol. The van der Waals surface area contributed by atoms with Gasteiger partial charge in [-0.1, -0.05) is 30.3 Å². The van der Waals surface area contributed by atoms with E-state index in [0.717, 1.165) is 16.9 Å². The smallest absolute Gasteiger partial charge is 0.170 e. The van der Waals surface area contributed by atoms with Crippen molar-refractivity contribution in [3.63, 3.8) is 0 Å². The number of hydrogen-bond donors (Lipinski definition) is 0. The number of ketones is 1. The molecule has 1 atom stereocenters. The van der Waals surface area contributed by atoms with Crippen LogP contribution in [0, 0.1) is 0 Å². The molecule has 0 saturated carbocycles. The van der Waals surface area contributed by atoms with Crippen LogP contribution in [0.25, 0.3) is 6.08 Å². The van der Waals surface area contributed by atoms with Gasteiger partial charge < -0.3 is 9.47 Å². The largest absolute Gasteiger partial charge is 0.484 e. The number of carbonyl (C=O) groups excluding carboxylic acids is 1. The summed E-state index contributed by atoms with van der Waals surface area (Å²) in [6.07, 6.45) is 4.12. The summed E-state index contributed by atoms with van der Waals surface area (Å²) in [5.41, 5.74) is 2.17. The summed E-state index contributed by atoms with van der Waals surface area (Å²) in [4.78, 5) is 12.5. The highest BCUT2D eigenvalue weighted by molar-refractivity contribution is 6.01. The van der Waals surface area contributed by atoms with Crippen LogP contribution in [0.5, 0.6) is 11.5 Å². The zero-order chi connectivity index (χ0) is 16.0. The van der Waals surface area contributed by atoms with Gasteiger partial charge in [0.05, 0.1) is 17.5 Å². The molecule has 3 heteroatoms. The summed E-state index contributed by atoms with van der Waals surface area (Å²) in [6, 6.07) is 13.6. The van der Waals surface area contributed by atoms with Crippen LogP contribution in [0.2, 0.25) is 0 Å². The van der Waals surface area contributed by atoms with Gasteiger partial charge in [0.15, 0.2) is 5.78 Å². The molecule has 23 heavy (non-hydrogen) atoms. The lowest BCUT2D eigenvalue weighted by atomic mass is 9.92. The Hall–Kier alpha value is -2.55. The highest BCUT2D eigenvalue weighted by Gasteiger charge is 2.32. The molecule has 116 valence electrons. The van der Waals surface area contributed by atoms with Crippen LogP contribution in [-0.2, 0) is 0 Å². The second-order valence-electron chi connectivity index (χ2n) is 6.54. The molecule has 0 amide bonds. The Morgan fingerprint density at radius 2 is 1.87 bits per heavy atom. The van der Waals surface area contributed by atoms with Gasteiger partial charge in [-0.25, -0.2) is 0 Å². The second-order valence-corrected chi connectivity index (χ2v) is 6.54. The van der Waals surface area contributed by atoms with Crippen LogP contribution in [0.15, 0.2) is 48.5 Å². The van der Waals surface area contributed by atoms with Crippen molar-refractivity contribution >= 4 is 11.9 Å². The second kappa shape index (κ2) is 4.98. The molecule has 2 aliphatic heterocycles. The normalized spacial score (nSPS) is 21.0. The van der Waals surface area contributed by atoms with Gasteiger partial charge in [0.25, 0.3) is 0 Å². The monoisotopic (exact) mass is 306 g/mol. The third-order valence-electron chi connectivity index (χ3n) is 4.28. The molecular weight excluding hydrogens is 288 g/mol. The van der Waals surface area contributed by atoms with Crippen molar-refractivity contribution < 1.29 is 14.3 Å². The van der Waals surface area contributed by atoms with Gasteiger partial charge in [-0.15, -0.1) is 0 Å². The van der Waals surface area contributed by atoms with Crippen LogP contribution in [0.3, 0.4) is 0 Å². The minimum Gasteiger partial charge on any atom is -0.484 e. The maximum absolute atomic E-state index is 12.5. The predicted octanol–water partition coefficient (Wildman–Crippen LogP) is 4.58. The van der Waals surface area contributed by atoms with Gasteiger partial charge in [0, 0.05) is 0 Å². The zero-order valence-corrected chi connectivity index (χ0v) is 13.2. The molecule has 2 heterocycles. The van der Waals surface area contributed by atoms with E-state index in [1.165, 1.54) is 0 Å². The van der Waals surface area contributed by atoms with Gasteiger partial charge in [-0.3, -0.25) is 4.79 Å². The first-order chi connectivity index (χ1) is 11.0. The van der Waals surface area contributed by atoms with Crippen LogP contribution in [0.1, 0.15) is 47.9 Å². The van der Waals surface area contributed by atoms with Crippen molar-refractivity contribution in [2.45, 2.75) is 32.0 Å². The molecule has 0 spiro atoms. The molecule has 0 radical (unpaired) electrons. The molecule has 0 bridgehead atoms. The van der Waals surface area contributed by atoms with E-state index in [1.54, 1.807) is 0 Å². The number of benzene rings is 2. The average Bonchev–Trinajstić information content (AvgIpc) is 2.54. The van der Waals surface area contributed by atoms with Crippen molar-refractivity contribution in [2.75, 3.05) is 0 Å². The number of fused-ring (bicyclic) bond motifs is 3. The van der Waals surface area contributed by atoms with Gasteiger partial charge in [0.2, 0.25) is 0 Å². The summed E-state index contributed by atoms with van der Waals surface area (Å²) < 4.78 is 12.2. The Morgan fingerprint density at radius 1 is 1.09 bits per heavy atom. The maximum Gasteiger partial charge on any atom is 0.170 e. The van der Waals surface area contributed by atoms with Crippen LogP contribution < -0.4 is 9.47 Å². The van der Waals surface area contributed by atoms with Crippen molar-refractivity contribution in [3.8, 4) is 11.5 Å². The van der Waals surface area contributed by atoms with E-state index < -0.39 is 0 Å². The molecule has 0 unspecified atom stereocenters. The number of Topliss-reactive ketones (excluding diaryl/α,β-unsaturated/α-hetero) is 1. The summed E-state index contributed by atoms with van der Waals surface area (Å²) in [6.45, 7) is 4.01. The first-order valence-corrected chi connectivity index (χ1v) is 7.83. The van der Waals surface area contributed by atoms with E-state index in [0.29, 0.717) is 17.7 Å². The molecule has 2 aliphatic rings. The number of carbonyl (C=O) groups is 1. The predicted molar refractivity (Wildman–Crippen MR) is 88.9 cm³/mol. The van der Waals surface area contributed by atoms with E-state index in [-0.39, 0.29) is 17.5 Å². The van der Waals surface area contributed by atoms with Crippen LogP contribution in [0.4, 0.5) is 0 Å². The van der Waals surface area contributed by atoms with E-state index in [9.17, 15) is 4.79 Å². The van der Waals surface area contributed by atoms with E-state index in [4.69, 9.17) is 9.47 Å². The van der Waals surface area contributed by atoms with Gasteiger partial charge in [-0.2, -0.15) is 0 Å². The molecular formula is C20H18O3. The van der Waals surface area contributed by atoms with Gasteiger partial charge in [0.1, 0.15) is 23.2 Å². The third kappa shape index (κ3) is 2.42. The first kappa shape index (κ1) is 14.1. The highest BCUT2D eigenvalue weighted by atomic mass is 16.5. The summed E-state index contributed by atoms with van der Waals surface area (Å²) >= 11 is 0. The maximum atomic E-state index is 12.5. The highest BCUT2D eigenvalue weighted by Crippen LogP contribution is 2.44. The minimum atomic E-state index is -0.348. The van der Waals surface area contributed by atoms with E-state index in [1.807, 2.05) is 68.5 Å². The number of rotatable bonds is 1. The van der Waals surface area contributed by atoms with Crippen molar-refractivity contribution in [1.82, 2.24) is 0 Å². The Kier molecular flexibility index (Phi) is 3.05. The molecule has 2 aromatic rings.